The zero-order chi connectivity index (χ0) is 9.30. The first-order chi connectivity index (χ1) is 5.57. The summed E-state index contributed by atoms with van der Waals surface area (Å²) >= 11 is 5.14. The summed E-state index contributed by atoms with van der Waals surface area (Å²) in [5.41, 5.74) is -0.612. The van der Waals surface area contributed by atoms with E-state index in [9.17, 15) is 13.2 Å². The molecule has 1 aromatic rings. The Bertz CT molecular complexity index is 370. The lowest BCUT2D eigenvalue weighted by atomic mass is 10.2. The van der Waals surface area contributed by atoms with Gasteiger partial charge in [-0.25, -0.2) is 13.2 Å². The zero-order valence-electron chi connectivity index (χ0n) is 5.54. The van der Waals surface area contributed by atoms with Gasteiger partial charge in [-0.15, -0.1) is 0 Å². The van der Waals surface area contributed by atoms with Crippen molar-refractivity contribution in [2.45, 2.75) is 0 Å². The number of halogens is 4. The highest BCUT2D eigenvalue weighted by atomic mass is 35.5. The Hall–Kier alpha value is -1.21. The standard InChI is InChI=1S/C7HClF3N/c8-4-1-3(2-12)5(9)7(11)6(4)10/h1H. The summed E-state index contributed by atoms with van der Waals surface area (Å²) < 4.78 is 37.5. The van der Waals surface area contributed by atoms with E-state index in [0.29, 0.717) is 0 Å². The van der Waals surface area contributed by atoms with Crippen LogP contribution < -0.4 is 0 Å². The van der Waals surface area contributed by atoms with Crippen LogP contribution in [0.25, 0.3) is 0 Å². The maximum Gasteiger partial charge on any atom is 0.197 e. The molecule has 0 amide bonds. The van der Waals surface area contributed by atoms with Gasteiger partial charge in [0.1, 0.15) is 6.07 Å². The van der Waals surface area contributed by atoms with Crippen LogP contribution in [0, 0.1) is 28.8 Å². The molecule has 0 atom stereocenters. The van der Waals surface area contributed by atoms with Gasteiger partial charge in [-0.3, -0.25) is 0 Å². The summed E-state index contributed by atoms with van der Waals surface area (Å²) in [4.78, 5) is 0. The summed E-state index contributed by atoms with van der Waals surface area (Å²) in [6.07, 6.45) is 0. The van der Waals surface area contributed by atoms with Crippen LogP contribution in [0.4, 0.5) is 13.2 Å². The second-order valence-corrected chi connectivity index (χ2v) is 2.37. The minimum atomic E-state index is -1.72. The largest absolute Gasteiger partial charge is 0.202 e. The zero-order valence-corrected chi connectivity index (χ0v) is 6.29. The van der Waals surface area contributed by atoms with Crippen molar-refractivity contribution < 1.29 is 13.2 Å². The lowest BCUT2D eigenvalue weighted by Gasteiger charge is -1.98. The molecule has 0 unspecified atom stereocenters. The first-order valence-corrected chi connectivity index (χ1v) is 3.18. The molecular formula is C7HClF3N. The predicted octanol–water partition coefficient (Wildman–Crippen LogP) is 2.63. The van der Waals surface area contributed by atoms with Crippen LogP contribution in [-0.2, 0) is 0 Å². The SMILES string of the molecule is N#Cc1cc(Cl)c(F)c(F)c1F. The van der Waals surface area contributed by atoms with Crippen LogP contribution in [0.3, 0.4) is 0 Å². The van der Waals surface area contributed by atoms with E-state index in [4.69, 9.17) is 16.9 Å². The molecule has 0 saturated heterocycles. The molecule has 0 spiro atoms. The van der Waals surface area contributed by atoms with Crippen molar-refractivity contribution in [3.63, 3.8) is 0 Å². The minimum Gasteiger partial charge on any atom is -0.202 e. The van der Waals surface area contributed by atoms with Crippen molar-refractivity contribution in [1.29, 1.82) is 5.26 Å². The van der Waals surface area contributed by atoms with Gasteiger partial charge in [-0.05, 0) is 6.07 Å². The van der Waals surface area contributed by atoms with Crippen LogP contribution >= 0.6 is 11.6 Å². The molecule has 0 saturated carbocycles. The lowest BCUT2D eigenvalue weighted by molar-refractivity contribution is 0.446. The molecule has 0 fully saturated rings. The first kappa shape index (κ1) is 8.88. The van der Waals surface area contributed by atoms with E-state index < -0.39 is 28.0 Å². The molecule has 0 aliphatic heterocycles. The average Bonchev–Trinajstić information content (AvgIpc) is 2.08. The summed E-state index contributed by atoms with van der Waals surface area (Å²) in [6, 6.07) is 2.07. The summed E-state index contributed by atoms with van der Waals surface area (Å²) in [5, 5.41) is 7.61. The highest BCUT2D eigenvalue weighted by Crippen LogP contribution is 2.22. The van der Waals surface area contributed by atoms with Gasteiger partial charge >= 0.3 is 0 Å². The lowest BCUT2D eigenvalue weighted by Crippen LogP contribution is -1.95. The quantitative estimate of drug-likeness (QED) is 0.457. The second-order valence-electron chi connectivity index (χ2n) is 1.96. The molecule has 0 bridgehead atoms. The molecule has 5 heteroatoms. The fourth-order valence-corrected chi connectivity index (χ4v) is 0.846. The summed E-state index contributed by atoms with van der Waals surface area (Å²) in [6.45, 7) is 0. The molecule has 62 valence electrons. The maximum atomic E-state index is 12.5. The Morgan fingerprint density at radius 2 is 1.75 bits per heavy atom. The van der Waals surface area contributed by atoms with Crippen LogP contribution in [-0.4, -0.2) is 0 Å². The molecule has 0 aromatic heterocycles. The van der Waals surface area contributed by atoms with Gasteiger partial charge in [0.15, 0.2) is 17.5 Å². The van der Waals surface area contributed by atoms with Gasteiger partial charge in [-0.2, -0.15) is 5.26 Å². The Morgan fingerprint density at radius 3 is 2.25 bits per heavy atom. The fraction of sp³-hybridized carbons (Fsp3) is 0. The van der Waals surface area contributed by atoms with E-state index >= 15 is 0 Å². The molecule has 0 heterocycles. The third-order valence-corrected chi connectivity index (χ3v) is 1.50. The Kier molecular flexibility index (Phi) is 2.25. The number of hydrogen-bond acceptors (Lipinski definition) is 1. The highest BCUT2D eigenvalue weighted by Gasteiger charge is 2.16. The van der Waals surface area contributed by atoms with Crippen molar-refractivity contribution >= 4 is 11.6 Å². The molecule has 1 nitrogen and oxygen atoms in total. The van der Waals surface area contributed by atoms with E-state index in [1.807, 2.05) is 0 Å². The predicted molar refractivity (Wildman–Crippen MR) is 36.0 cm³/mol. The van der Waals surface area contributed by atoms with E-state index in [-0.39, 0.29) is 0 Å². The van der Waals surface area contributed by atoms with Crippen molar-refractivity contribution in [2.24, 2.45) is 0 Å². The van der Waals surface area contributed by atoms with E-state index in [1.165, 1.54) is 6.07 Å². The normalized spacial score (nSPS) is 9.58. The van der Waals surface area contributed by atoms with Crippen LogP contribution in [0.5, 0.6) is 0 Å². The van der Waals surface area contributed by atoms with Crippen molar-refractivity contribution in [3.05, 3.63) is 34.1 Å². The average molecular weight is 192 g/mol. The van der Waals surface area contributed by atoms with Gasteiger partial charge in [0, 0.05) is 0 Å². The third kappa shape index (κ3) is 1.23. The monoisotopic (exact) mass is 191 g/mol. The molecule has 0 radical (unpaired) electrons. The topological polar surface area (TPSA) is 23.8 Å². The van der Waals surface area contributed by atoms with Crippen LogP contribution in [0.2, 0.25) is 5.02 Å². The Morgan fingerprint density at radius 1 is 1.17 bits per heavy atom. The third-order valence-electron chi connectivity index (χ3n) is 1.22. The molecule has 12 heavy (non-hydrogen) atoms. The smallest absolute Gasteiger partial charge is 0.197 e. The maximum absolute atomic E-state index is 12.5. The van der Waals surface area contributed by atoms with E-state index in [1.54, 1.807) is 0 Å². The molecular weight excluding hydrogens is 191 g/mol. The second kappa shape index (κ2) is 3.03. The van der Waals surface area contributed by atoms with Gasteiger partial charge in [0.05, 0.1) is 10.6 Å². The van der Waals surface area contributed by atoms with E-state index in [0.717, 1.165) is 6.07 Å². The number of nitriles is 1. The van der Waals surface area contributed by atoms with Gasteiger partial charge in [0.2, 0.25) is 0 Å². The first-order valence-electron chi connectivity index (χ1n) is 2.81. The number of hydrogen-bond donors (Lipinski definition) is 0. The number of nitrogens with zero attached hydrogens (tertiary/aromatic N) is 1. The van der Waals surface area contributed by atoms with Crippen molar-refractivity contribution in [1.82, 2.24) is 0 Å². The molecule has 0 N–H and O–H groups in total. The van der Waals surface area contributed by atoms with Gasteiger partial charge in [0.25, 0.3) is 0 Å². The number of benzene rings is 1. The Balaban J connectivity index is 3.52. The van der Waals surface area contributed by atoms with Crippen LogP contribution in [0.15, 0.2) is 6.07 Å². The Labute approximate surface area is 71.0 Å². The fourth-order valence-electron chi connectivity index (χ4n) is 0.654. The highest BCUT2D eigenvalue weighted by molar-refractivity contribution is 6.30. The molecule has 0 aliphatic carbocycles. The summed E-state index contributed by atoms with van der Waals surface area (Å²) in [5.74, 6) is -4.72. The van der Waals surface area contributed by atoms with Crippen LogP contribution in [0.1, 0.15) is 5.56 Å². The van der Waals surface area contributed by atoms with Crippen molar-refractivity contribution in [3.8, 4) is 6.07 Å². The van der Waals surface area contributed by atoms with E-state index in [2.05, 4.69) is 0 Å². The van der Waals surface area contributed by atoms with Gasteiger partial charge < -0.3 is 0 Å². The van der Waals surface area contributed by atoms with Crippen molar-refractivity contribution in [2.75, 3.05) is 0 Å². The minimum absolute atomic E-state index is 0.606. The number of rotatable bonds is 0. The molecule has 1 aromatic carbocycles. The molecule has 1 rings (SSSR count). The summed E-state index contributed by atoms with van der Waals surface area (Å²) in [7, 11) is 0. The molecule has 0 aliphatic rings. The van der Waals surface area contributed by atoms with Gasteiger partial charge in [-0.1, -0.05) is 11.6 Å².